The number of fused-ring (bicyclic) bond motifs is 1. The molecular weight excluding hydrogens is 366 g/mol. The number of likely N-dealkylation sites (tertiary alicyclic amines) is 1. The largest absolute Gasteiger partial charge is 0.497 e. The van der Waals surface area contributed by atoms with Crippen LogP contribution in [0.3, 0.4) is 0 Å². The predicted molar refractivity (Wildman–Crippen MR) is 110 cm³/mol. The first kappa shape index (κ1) is 19.1. The molecule has 150 valence electrons. The maximum atomic E-state index is 12.9. The molecule has 7 nitrogen and oxygen atoms in total. The molecule has 0 unspecified atom stereocenters. The lowest BCUT2D eigenvalue weighted by molar-refractivity contribution is 0.159. The number of nitriles is 1. The maximum absolute atomic E-state index is 12.9. The number of nitrogens with zero attached hydrogens (tertiary/aromatic N) is 5. The molecule has 2 amide bonds. The zero-order chi connectivity index (χ0) is 20.5. The number of benzene rings is 1. The van der Waals surface area contributed by atoms with Crippen molar-refractivity contribution in [1.82, 2.24) is 14.8 Å². The van der Waals surface area contributed by atoms with Crippen LogP contribution in [0.4, 0.5) is 10.6 Å². The summed E-state index contributed by atoms with van der Waals surface area (Å²) in [4.78, 5) is 23.2. The Balaban J connectivity index is 1.63. The summed E-state index contributed by atoms with van der Waals surface area (Å²) in [6.07, 6.45) is 1.69. The number of carbonyl (C=O) groups is 1. The van der Waals surface area contributed by atoms with Gasteiger partial charge in [-0.2, -0.15) is 5.26 Å². The molecule has 0 N–H and O–H groups in total. The molecule has 0 saturated carbocycles. The molecular formula is C22H25N5O2. The van der Waals surface area contributed by atoms with Gasteiger partial charge in [0.2, 0.25) is 0 Å². The Hall–Kier alpha value is -3.27. The van der Waals surface area contributed by atoms with E-state index < -0.39 is 0 Å². The van der Waals surface area contributed by atoms with E-state index in [1.807, 2.05) is 23.1 Å². The Labute approximate surface area is 171 Å². The Kier molecular flexibility index (Phi) is 5.01. The van der Waals surface area contributed by atoms with Crippen molar-refractivity contribution in [3.05, 3.63) is 53.7 Å². The lowest BCUT2D eigenvalue weighted by Crippen LogP contribution is -2.41. The molecule has 1 aromatic carbocycles. The zero-order valence-electron chi connectivity index (χ0n) is 16.9. The summed E-state index contributed by atoms with van der Waals surface area (Å²) in [5.74, 6) is 2.30. The summed E-state index contributed by atoms with van der Waals surface area (Å²) in [5.41, 5.74) is 1.73. The quantitative estimate of drug-likeness (QED) is 0.804. The van der Waals surface area contributed by atoms with Crippen molar-refractivity contribution < 1.29 is 9.53 Å². The number of aromatic nitrogens is 1. The number of pyridine rings is 1. The second kappa shape index (κ2) is 7.63. The fourth-order valence-electron chi connectivity index (χ4n) is 4.57. The Morgan fingerprint density at radius 3 is 2.62 bits per heavy atom. The monoisotopic (exact) mass is 391 g/mol. The number of urea groups is 1. The summed E-state index contributed by atoms with van der Waals surface area (Å²) in [6.45, 7) is 2.35. The van der Waals surface area contributed by atoms with Crippen LogP contribution in [0.25, 0.3) is 0 Å². The molecule has 4 rings (SSSR count). The van der Waals surface area contributed by atoms with Crippen LogP contribution < -0.4 is 9.64 Å². The van der Waals surface area contributed by atoms with Gasteiger partial charge in [-0.15, -0.1) is 0 Å². The lowest BCUT2D eigenvalue weighted by atomic mass is 9.89. The number of amides is 2. The molecule has 0 aliphatic carbocycles. The van der Waals surface area contributed by atoms with Crippen LogP contribution in [-0.2, 0) is 0 Å². The first-order chi connectivity index (χ1) is 14.0. The van der Waals surface area contributed by atoms with Crippen LogP contribution in [0.15, 0.2) is 42.6 Å². The molecule has 0 radical (unpaired) electrons. The van der Waals surface area contributed by atoms with Crippen molar-refractivity contribution in [3.8, 4) is 11.8 Å². The third-order valence-electron chi connectivity index (χ3n) is 5.95. The van der Waals surface area contributed by atoms with Crippen LogP contribution in [0, 0.1) is 23.2 Å². The maximum Gasteiger partial charge on any atom is 0.320 e. The molecule has 3 atom stereocenters. The van der Waals surface area contributed by atoms with Crippen molar-refractivity contribution in [2.45, 2.75) is 6.04 Å². The second-order valence-electron chi connectivity index (χ2n) is 7.89. The highest BCUT2D eigenvalue weighted by Crippen LogP contribution is 2.46. The SMILES string of the molecule is COc1ccc([C@H]2[C@@H]3CN(c4cc(C#N)ccn4)C[C@@H]3CN2C(=O)N(C)C)cc1. The van der Waals surface area contributed by atoms with E-state index in [1.165, 1.54) is 0 Å². The summed E-state index contributed by atoms with van der Waals surface area (Å²) in [7, 11) is 5.25. The predicted octanol–water partition coefficient (Wildman–Crippen LogP) is 2.75. The summed E-state index contributed by atoms with van der Waals surface area (Å²) >= 11 is 0. The minimum atomic E-state index is 0.00459. The Bertz CT molecular complexity index is 937. The normalized spacial score (nSPS) is 22.9. The molecule has 0 bridgehead atoms. The molecule has 2 aliphatic heterocycles. The van der Waals surface area contributed by atoms with Crippen LogP contribution in [0.1, 0.15) is 17.2 Å². The van der Waals surface area contributed by atoms with Crippen molar-refractivity contribution in [2.24, 2.45) is 11.8 Å². The fourth-order valence-corrected chi connectivity index (χ4v) is 4.57. The van der Waals surface area contributed by atoms with E-state index in [9.17, 15) is 10.1 Å². The molecule has 2 fully saturated rings. The van der Waals surface area contributed by atoms with Gasteiger partial charge in [0.1, 0.15) is 11.6 Å². The zero-order valence-corrected chi connectivity index (χ0v) is 16.9. The molecule has 29 heavy (non-hydrogen) atoms. The Morgan fingerprint density at radius 2 is 1.97 bits per heavy atom. The minimum absolute atomic E-state index is 0.00459. The van der Waals surface area contributed by atoms with Crippen LogP contribution in [0.5, 0.6) is 5.75 Å². The number of carbonyl (C=O) groups excluding carboxylic acids is 1. The van der Waals surface area contributed by atoms with E-state index in [0.717, 1.165) is 30.2 Å². The Morgan fingerprint density at radius 1 is 1.21 bits per heavy atom. The molecule has 2 aliphatic rings. The standard InChI is InChI=1S/C22H25N5O2/c1-25(2)22(28)27-13-17-12-26(20-10-15(11-23)8-9-24-20)14-19(17)21(27)16-4-6-18(29-3)7-5-16/h4-10,17,19,21H,12-14H2,1-3H3/t17-,19-,21+/m1/s1. The number of hydrogen-bond acceptors (Lipinski definition) is 5. The van der Waals surface area contributed by atoms with E-state index >= 15 is 0 Å². The van der Waals surface area contributed by atoms with Gasteiger partial charge in [-0.3, -0.25) is 0 Å². The minimum Gasteiger partial charge on any atom is -0.497 e. The number of anilines is 1. The molecule has 7 heteroatoms. The van der Waals surface area contributed by atoms with Crippen LogP contribution in [-0.4, -0.2) is 61.7 Å². The van der Waals surface area contributed by atoms with Crippen molar-refractivity contribution in [2.75, 3.05) is 45.7 Å². The van der Waals surface area contributed by atoms with Gasteiger partial charge in [0, 0.05) is 51.8 Å². The van der Waals surface area contributed by atoms with Gasteiger partial charge in [-0.05, 0) is 29.8 Å². The topological polar surface area (TPSA) is 72.7 Å². The average Bonchev–Trinajstić information content (AvgIpc) is 3.31. The first-order valence-electron chi connectivity index (χ1n) is 9.74. The average molecular weight is 391 g/mol. The summed E-state index contributed by atoms with van der Waals surface area (Å²) in [5, 5.41) is 9.19. The third kappa shape index (κ3) is 3.46. The second-order valence-corrected chi connectivity index (χ2v) is 7.89. The van der Waals surface area contributed by atoms with Crippen molar-refractivity contribution in [3.63, 3.8) is 0 Å². The highest BCUT2D eigenvalue weighted by molar-refractivity contribution is 5.75. The van der Waals surface area contributed by atoms with Gasteiger partial charge in [-0.25, -0.2) is 9.78 Å². The summed E-state index contributed by atoms with van der Waals surface area (Å²) < 4.78 is 5.30. The number of rotatable bonds is 3. The van der Waals surface area contributed by atoms with E-state index in [2.05, 4.69) is 28.1 Å². The molecule has 0 spiro atoms. The smallest absolute Gasteiger partial charge is 0.320 e. The van der Waals surface area contributed by atoms with E-state index in [4.69, 9.17) is 4.74 Å². The van der Waals surface area contributed by atoms with E-state index in [-0.39, 0.29) is 12.1 Å². The highest BCUT2D eigenvalue weighted by atomic mass is 16.5. The molecule has 3 heterocycles. The number of ether oxygens (including phenoxy) is 1. The van der Waals surface area contributed by atoms with Crippen LogP contribution in [0.2, 0.25) is 0 Å². The van der Waals surface area contributed by atoms with Crippen molar-refractivity contribution >= 4 is 11.8 Å². The van der Waals surface area contributed by atoms with Gasteiger partial charge < -0.3 is 19.4 Å². The lowest BCUT2D eigenvalue weighted by Gasteiger charge is -2.32. The van der Waals surface area contributed by atoms with Gasteiger partial charge in [-0.1, -0.05) is 12.1 Å². The van der Waals surface area contributed by atoms with Crippen LogP contribution >= 0.6 is 0 Å². The third-order valence-corrected chi connectivity index (χ3v) is 5.95. The van der Waals surface area contributed by atoms with Gasteiger partial charge >= 0.3 is 6.03 Å². The number of methoxy groups -OCH3 is 1. The molecule has 2 aromatic rings. The first-order valence-corrected chi connectivity index (χ1v) is 9.74. The van der Waals surface area contributed by atoms with Crippen molar-refractivity contribution in [1.29, 1.82) is 5.26 Å². The fraction of sp³-hybridized carbons (Fsp3) is 0.409. The molecule has 1 aromatic heterocycles. The number of hydrogen-bond donors (Lipinski definition) is 0. The summed E-state index contributed by atoms with van der Waals surface area (Å²) in [6, 6.07) is 13.8. The molecule has 2 saturated heterocycles. The van der Waals surface area contributed by atoms with Gasteiger partial charge in [0.05, 0.1) is 24.8 Å². The highest BCUT2D eigenvalue weighted by Gasteiger charge is 2.49. The van der Waals surface area contributed by atoms with Gasteiger partial charge in [0.15, 0.2) is 0 Å². The van der Waals surface area contributed by atoms with Gasteiger partial charge in [0.25, 0.3) is 0 Å². The van der Waals surface area contributed by atoms with E-state index in [0.29, 0.717) is 23.9 Å². The van der Waals surface area contributed by atoms with E-state index in [1.54, 1.807) is 38.4 Å².